The lowest BCUT2D eigenvalue weighted by atomic mass is 9.97. The molecule has 0 fully saturated rings. The molecule has 0 spiro atoms. The van der Waals surface area contributed by atoms with Crippen LogP contribution in [0.2, 0.25) is 0 Å². The first kappa shape index (κ1) is 16.7. The van der Waals surface area contributed by atoms with Gasteiger partial charge in [0.05, 0.1) is 0 Å². The summed E-state index contributed by atoms with van der Waals surface area (Å²) in [5, 5.41) is 5.00. The zero-order chi connectivity index (χ0) is 17.9. The second kappa shape index (κ2) is 7.21. The van der Waals surface area contributed by atoms with Crippen molar-refractivity contribution >= 4 is 21.5 Å². The van der Waals surface area contributed by atoms with Gasteiger partial charge in [0.2, 0.25) is 0 Å². The average molecular weight is 340 g/mol. The fourth-order valence-corrected chi connectivity index (χ4v) is 3.40. The van der Waals surface area contributed by atoms with Crippen LogP contribution in [0.5, 0.6) is 5.75 Å². The highest BCUT2D eigenvalue weighted by atomic mass is 16.5. The maximum atomic E-state index is 6.08. The van der Waals surface area contributed by atoms with E-state index in [2.05, 4.69) is 92.7 Å². The molecule has 0 aliphatic heterocycles. The lowest BCUT2D eigenvalue weighted by Gasteiger charge is -2.12. The van der Waals surface area contributed by atoms with Crippen LogP contribution in [0.15, 0.2) is 78.9 Å². The van der Waals surface area contributed by atoms with Crippen molar-refractivity contribution in [1.82, 2.24) is 0 Å². The number of benzene rings is 4. The maximum Gasteiger partial charge on any atom is 0.120 e. The molecule has 0 N–H and O–H groups in total. The van der Waals surface area contributed by atoms with Crippen LogP contribution in [-0.2, 0) is 6.61 Å². The highest BCUT2D eigenvalue weighted by Crippen LogP contribution is 2.27. The Hall–Kier alpha value is -2.80. The predicted molar refractivity (Wildman–Crippen MR) is 111 cm³/mol. The third kappa shape index (κ3) is 3.43. The van der Waals surface area contributed by atoms with Crippen molar-refractivity contribution in [3.8, 4) is 5.75 Å². The molecule has 0 saturated heterocycles. The van der Waals surface area contributed by atoms with Gasteiger partial charge in [0.1, 0.15) is 12.4 Å². The Labute approximate surface area is 155 Å². The van der Waals surface area contributed by atoms with Gasteiger partial charge in [0, 0.05) is 0 Å². The maximum absolute atomic E-state index is 6.08. The van der Waals surface area contributed by atoms with Gasteiger partial charge in [-0.15, -0.1) is 0 Å². The number of ether oxygens (including phenoxy) is 1. The fourth-order valence-electron chi connectivity index (χ4n) is 3.40. The number of fused-ring (bicyclic) bond motifs is 2. The minimum atomic E-state index is 0.587. The van der Waals surface area contributed by atoms with E-state index < -0.39 is 0 Å². The Kier molecular flexibility index (Phi) is 4.62. The molecule has 0 aliphatic carbocycles. The van der Waals surface area contributed by atoms with E-state index in [9.17, 15) is 0 Å². The van der Waals surface area contributed by atoms with Crippen LogP contribution < -0.4 is 4.74 Å². The highest BCUT2D eigenvalue weighted by molar-refractivity contribution is 5.98. The topological polar surface area (TPSA) is 9.23 Å². The Morgan fingerprint density at radius 1 is 0.731 bits per heavy atom. The summed E-state index contributed by atoms with van der Waals surface area (Å²) >= 11 is 0. The Balaban J connectivity index is 1.56. The van der Waals surface area contributed by atoms with Gasteiger partial charge in [-0.2, -0.15) is 0 Å². The summed E-state index contributed by atoms with van der Waals surface area (Å²) in [7, 11) is 0. The molecule has 130 valence electrons. The first-order valence-electron chi connectivity index (χ1n) is 9.37. The van der Waals surface area contributed by atoms with E-state index in [-0.39, 0.29) is 0 Å². The molecule has 26 heavy (non-hydrogen) atoms. The molecule has 0 radical (unpaired) electrons. The lowest BCUT2D eigenvalue weighted by molar-refractivity contribution is 0.306. The normalized spacial score (nSPS) is 12.4. The standard InChI is InChI=1S/C25H24O/c1-3-18(2)20-10-6-7-19(13-20)17-26-25-12-11-23-14-21-8-4-5-9-22(21)15-24(23)16-25/h4-16,18H,3,17H2,1-2H3. The lowest BCUT2D eigenvalue weighted by Crippen LogP contribution is -1.98. The second-order valence-corrected chi connectivity index (χ2v) is 7.05. The van der Waals surface area contributed by atoms with Gasteiger partial charge in [-0.3, -0.25) is 0 Å². The van der Waals surface area contributed by atoms with E-state index in [1.807, 2.05) is 0 Å². The summed E-state index contributed by atoms with van der Waals surface area (Å²) in [6.45, 7) is 5.10. The van der Waals surface area contributed by atoms with Gasteiger partial charge < -0.3 is 4.74 Å². The summed E-state index contributed by atoms with van der Waals surface area (Å²) in [5.74, 6) is 1.51. The molecule has 1 heteroatoms. The first-order chi connectivity index (χ1) is 12.7. The van der Waals surface area contributed by atoms with Gasteiger partial charge in [-0.1, -0.05) is 68.4 Å². The molecule has 0 aromatic heterocycles. The van der Waals surface area contributed by atoms with Crippen molar-refractivity contribution < 1.29 is 4.74 Å². The van der Waals surface area contributed by atoms with E-state index in [4.69, 9.17) is 4.74 Å². The smallest absolute Gasteiger partial charge is 0.120 e. The van der Waals surface area contributed by atoms with Crippen molar-refractivity contribution in [3.05, 3.63) is 90.0 Å². The molecule has 1 nitrogen and oxygen atoms in total. The van der Waals surface area contributed by atoms with Crippen LogP contribution >= 0.6 is 0 Å². The quantitative estimate of drug-likeness (QED) is 0.352. The van der Waals surface area contributed by atoms with Gasteiger partial charge in [0.25, 0.3) is 0 Å². The third-order valence-electron chi connectivity index (χ3n) is 5.21. The van der Waals surface area contributed by atoms with E-state index in [0.29, 0.717) is 12.5 Å². The summed E-state index contributed by atoms with van der Waals surface area (Å²) in [6, 6.07) is 28.0. The summed E-state index contributed by atoms with van der Waals surface area (Å²) in [4.78, 5) is 0. The number of hydrogen-bond donors (Lipinski definition) is 0. The first-order valence-corrected chi connectivity index (χ1v) is 9.37. The fraction of sp³-hybridized carbons (Fsp3) is 0.200. The van der Waals surface area contributed by atoms with Crippen LogP contribution in [0.25, 0.3) is 21.5 Å². The van der Waals surface area contributed by atoms with Crippen LogP contribution in [0.4, 0.5) is 0 Å². The Bertz CT molecular complexity index is 1050. The molecular formula is C25H24O. The van der Waals surface area contributed by atoms with Crippen molar-refractivity contribution in [2.24, 2.45) is 0 Å². The summed E-state index contributed by atoms with van der Waals surface area (Å²) in [6.07, 6.45) is 1.16. The van der Waals surface area contributed by atoms with Crippen LogP contribution in [-0.4, -0.2) is 0 Å². The minimum Gasteiger partial charge on any atom is -0.489 e. The van der Waals surface area contributed by atoms with Crippen molar-refractivity contribution in [2.45, 2.75) is 32.8 Å². The largest absolute Gasteiger partial charge is 0.489 e. The van der Waals surface area contributed by atoms with Gasteiger partial charge in [0.15, 0.2) is 0 Å². The van der Waals surface area contributed by atoms with Gasteiger partial charge in [-0.25, -0.2) is 0 Å². The van der Waals surface area contributed by atoms with Crippen molar-refractivity contribution in [3.63, 3.8) is 0 Å². The van der Waals surface area contributed by atoms with Crippen LogP contribution in [0.1, 0.15) is 37.3 Å². The van der Waals surface area contributed by atoms with Crippen molar-refractivity contribution in [2.75, 3.05) is 0 Å². The monoisotopic (exact) mass is 340 g/mol. The summed E-state index contributed by atoms with van der Waals surface area (Å²) < 4.78 is 6.08. The second-order valence-electron chi connectivity index (χ2n) is 7.05. The zero-order valence-corrected chi connectivity index (χ0v) is 15.4. The molecule has 4 aromatic rings. The van der Waals surface area contributed by atoms with Crippen molar-refractivity contribution in [1.29, 1.82) is 0 Å². The molecule has 1 unspecified atom stereocenters. The van der Waals surface area contributed by atoms with Crippen LogP contribution in [0.3, 0.4) is 0 Å². The van der Waals surface area contributed by atoms with E-state index in [0.717, 1.165) is 12.2 Å². The molecule has 0 aliphatic rings. The van der Waals surface area contributed by atoms with E-state index >= 15 is 0 Å². The number of rotatable bonds is 5. The SMILES string of the molecule is CCC(C)c1cccc(COc2ccc3cc4ccccc4cc3c2)c1. The highest BCUT2D eigenvalue weighted by Gasteiger charge is 2.05. The molecule has 4 aromatic carbocycles. The van der Waals surface area contributed by atoms with Gasteiger partial charge >= 0.3 is 0 Å². The molecule has 0 amide bonds. The van der Waals surface area contributed by atoms with E-state index in [1.54, 1.807) is 0 Å². The number of hydrogen-bond acceptors (Lipinski definition) is 1. The molecule has 0 bridgehead atoms. The van der Waals surface area contributed by atoms with Gasteiger partial charge in [-0.05, 0) is 69.3 Å². The van der Waals surface area contributed by atoms with E-state index in [1.165, 1.54) is 32.7 Å². The average Bonchev–Trinajstić information content (AvgIpc) is 2.70. The predicted octanol–water partition coefficient (Wildman–Crippen LogP) is 7.09. The molecule has 4 rings (SSSR count). The third-order valence-corrected chi connectivity index (χ3v) is 5.21. The van der Waals surface area contributed by atoms with Crippen LogP contribution in [0, 0.1) is 0 Å². The molecular weight excluding hydrogens is 316 g/mol. The Morgan fingerprint density at radius 2 is 1.46 bits per heavy atom. The molecule has 0 heterocycles. The molecule has 0 saturated carbocycles. The molecule has 1 atom stereocenters. The minimum absolute atomic E-state index is 0.587. The summed E-state index contributed by atoms with van der Waals surface area (Å²) in [5.41, 5.74) is 2.61. The Morgan fingerprint density at radius 3 is 2.23 bits per heavy atom. The zero-order valence-electron chi connectivity index (χ0n) is 15.4.